The van der Waals surface area contributed by atoms with Gasteiger partial charge in [0.1, 0.15) is 24.7 Å². The summed E-state index contributed by atoms with van der Waals surface area (Å²) in [4.78, 5) is 26.8. The van der Waals surface area contributed by atoms with Crippen molar-refractivity contribution in [1.29, 1.82) is 0 Å². The minimum absolute atomic E-state index is 0.0733. The standard InChI is InChI=1S/C40H44O14S2/c1-29-3-9-33(10-4-29)55(43,44)53-25-21-49-17-15-47-19-23-51-31-7-13-35-37(27-31)39(41)36-14-8-32(28-38(36)40(35)42)52-24-20-48-16-18-50-22-26-54-56(45,46)34-11-5-30(2)6-12-34/h3-14,27-28H,15-26H2,1-2H3. The van der Waals surface area contributed by atoms with Crippen LogP contribution in [-0.4, -0.2) is 108 Å². The average molecular weight is 813 g/mol. The van der Waals surface area contributed by atoms with E-state index in [1.165, 1.54) is 36.4 Å². The molecule has 4 aromatic carbocycles. The first kappa shape index (κ1) is 42.6. The second-order valence-electron chi connectivity index (χ2n) is 12.4. The van der Waals surface area contributed by atoms with Crippen molar-refractivity contribution in [2.24, 2.45) is 0 Å². The van der Waals surface area contributed by atoms with E-state index in [0.29, 0.717) is 11.5 Å². The Morgan fingerprint density at radius 3 is 1.07 bits per heavy atom. The molecule has 0 atom stereocenters. The molecule has 0 N–H and O–H groups in total. The molecular weight excluding hydrogens is 769 g/mol. The van der Waals surface area contributed by atoms with Crippen LogP contribution < -0.4 is 9.47 Å². The second kappa shape index (κ2) is 20.6. The molecule has 4 aromatic rings. The summed E-state index contributed by atoms with van der Waals surface area (Å²) in [6.45, 7) is 5.40. The minimum Gasteiger partial charge on any atom is -0.491 e. The lowest BCUT2D eigenvalue weighted by Crippen LogP contribution is -2.21. The number of aryl methyl sites for hydroxylation is 2. The SMILES string of the molecule is Cc1ccc(S(=O)(=O)OCCOCCOCCOc2ccc3c(c2)C(=O)c2ccc(OCCOCCOCCOS(=O)(=O)c4ccc(C)cc4)cc2C3=O)cc1. The highest BCUT2D eigenvalue weighted by Gasteiger charge is 2.30. The van der Waals surface area contributed by atoms with E-state index in [9.17, 15) is 26.4 Å². The van der Waals surface area contributed by atoms with E-state index in [0.717, 1.165) is 11.1 Å². The van der Waals surface area contributed by atoms with Gasteiger partial charge in [-0.2, -0.15) is 16.8 Å². The molecule has 0 bridgehead atoms. The zero-order valence-electron chi connectivity index (χ0n) is 31.1. The van der Waals surface area contributed by atoms with Crippen LogP contribution in [-0.2, 0) is 47.5 Å². The second-order valence-corrected chi connectivity index (χ2v) is 15.6. The summed E-state index contributed by atoms with van der Waals surface area (Å²) in [5, 5.41) is 0. The topological polar surface area (TPSA) is 176 Å². The monoisotopic (exact) mass is 812 g/mol. The fourth-order valence-electron chi connectivity index (χ4n) is 5.32. The average Bonchev–Trinajstić information content (AvgIpc) is 3.18. The molecule has 0 saturated carbocycles. The molecule has 300 valence electrons. The maximum Gasteiger partial charge on any atom is 0.297 e. The molecule has 1 aliphatic rings. The number of hydrogen-bond acceptors (Lipinski definition) is 14. The van der Waals surface area contributed by atoms with E-state index in [2.05, 4.69) is 0 Å². The van der Waals surface area contributed by atoms with Crippen molar-refractivity contribution in [1.82, 2.24) is 0 Å². The predicted molar refractivity (Wildman–Crippen MR) is 203 cm³/mol. The molecule has 0 amide bonds. The lowest BCUT2D eigenvalue weighted by atomic mass is 9.84. The largest absolute Gasteiger partial charge is 0.491 e. The van der Waals surface area contributed by atoms with Crippen molar-refractivity contribution >= 4 is 31.8 Å². The number of ketones is 2. The van der Waals surface area contributed by atoms with E-state index < -0.39 is 20.2 Å². The van der Waals surface area contributed by atoms with Crippen LogP contribution in [0.1, 0.15) is 43.0 Å². The zero-order chi connectivity index (χ0) is 40.0. The Labute approximate surface area is 326 Å². The molecule has 1 aliphatic carbocycles. The molecule has 0 aliphatic heterocycles. The number of hydrogen-bond donors (Lipinski definition) is 0. The highest BCUT2D eigenvalue weighted by atomic mass is 32.2. The van der Waals surface area contributed by atoms with E-state index in [4.69, 9.17) is 36.8 Å². The van der Waals surface area contributed by atoms with Crippen LogP contribution in [0.2, 0.25) is 0 Å². The summed E-state index contributed by atoms with van der Waals surface area (Å²) in [5.74, 6) is 0.198. The Kier molecular flexibility index (Phi) is 15.7. The van der Waals surface area contributed by atoms with E-state index in [1.807, 2.05) is 13.8 Å². The first-order chi connectivity index (χ1) is 26.9. The van der Waals surface area contributed by atoms with Gasteiger partial charge in [0.25, 0.3) is 20.2 Å². The fraction of sp³-hybridized carbons (Fsp3) is 0.350. The van der Waals surface area contributed by atoms with Crippen LogP contribution >= 0.6 is 0 Å². The van der Waals surface area contributed by atoms with Crippen molar-refractivity contribution in [3.63, 3.8) is 0 Å². The number of benzene rings is 4. The minimum atomic E-state index is -3.85. The van der Waals surface area contributed by atoms with Gasteiger partial charge in [0, 0.05) is 22.3 Å². The normalized spacial score (nSPS) is 12.7. The smallest absolute Gasteiger partial charge is 0.297 e. The van der Waals surface area contributed by atoms with E-state index in [-0.39, 0.29) is 123 Å². The van der Waals surface area contributed by atoms with Gasteiger partial charge in [0.2, 0.25) is 0 Å². The number of carbonyl (C=O) groups excluding carboxylic acids is 2. The Morgan fingerprint density at radius 2 is 0.714 bits per heavy atom. The molecule has 0 spiro atoms. The van der Waals surface area contributed by atoms with Crippen LogP contribution in [0.4, 0.5) is 0 Å². The Balaban J connectivity index is 0.935. The Bertz CT molecular complexity index is 2000. The molecule has 16 heteroatoms. The number of fused-ring (bicyclic) bond motifs is 2. The van der Waals surface area contributed by atoms with Crippen LogP contribution in [0.25, 0.3) is 0 Å². The highest BCUT2D eigenvalue weighted by Crippen LogP contribution is 2.32. The van der Waals surface area contributed by atoms with E-state index >= 15 is 0 Å². The van der Waals surface area contributed by atoms with E-state index in [1.54, 1.807) is 48.5 Å². The van der Waals surface area contributed by atoms with Crippen molar-refractivity contribution in [2.45, 2.75) is 23.6 Å². The maximum atomic E-state index is 13.3. The molecule has 0 radical (unpaired) electrons. The third kappa shape index (κ3) is 12.2. The summed E-state index contributed by atoms with van der Waals surface area (Å²) in [7, 11) is -7.69. The van der Waals surface area contributed by atoms with Gasteiger partial charge in [-0.15, -0.1) is 0 Å². The summed E-state index contributed by atoms with van der Waals surface area (Å²) < 4.78 is 92.0. The Hall–Kier alpha value is -4.52. The maximum absolute atomic E-state index is 13.3. The van der Waals surface area contributed by atoms with Crippen molar-refractivity contribution < 1.29 is 63.2 Å². The quantitative estimate of drug-likeness (QED) is 0.0618. The molecule has 14 nitrogen and oxygen atoms in total. The van der Waals surface area contributed by atoms with Gasteiger partial charge < -0.3 is 28.4 Å². The molecule has 0 aromatic heterocycles. The van der Waals surface area contributed by atoms with Gasteiger partial charge in [0.15, 0.2) is 11.6 Å². The van der Waals surface area contributed by atoms with Crippen molar-refractivity contribution in [3.8, 4) is 11.5 Å². The lowest BCUT2D eigenvalue weighted by molar-refractivity contribution is 0.0279. The number of carbonyl (C=O) groups is 2. The van der Waals surface area contributed by atoms with Crippen molar-refractivity contribution in [2.75, 3.05) is 79.3 Å². The molecular formula is C40H44O14S2. The molecule has 0 unspecified atom stereocenters. The molecule has 0 heterocycles. The van der Waals surface area contributed by atoms with Crippen LogP contribution in [0.3, 0.4) is 0 Å². The van der Waals surface area contributed by atoms with Gasteiger partial charge in [-0.05, 0) is 74.5 Å². The van der Waals surface area contributed by atoms with Crippen LogP contribution in [0.5, 0.6) is 11.5 Å². The first-order valence-corrected chi connectivity index (χ1v) is 20.6. The molecule has 5 rings (SSSR count). The predicted octanol–water partition coefficient (Wildman–Crippen LogP) is 4.71. The third-order valence-electron chi connectivity index (χ3n) is 8.25. The van der Waals surface area contributed by atoms with Crippen LogP contribution in [0, 0.1) is 13.8 Å². The summed E-state index contributed by atoms with van der Waals surface area (Å²) in [6.07, 6.45) is 0. The zero-order valence-corrected chi connectivity index (χ0v) is 32.7. The van der Waals surface area contributed by atoms with Gasteiger partial charge in [-0.1, -0.05) is 35.4 Å². The summed E-state index contributed by atoms with van der Waals surface area (Å²) in [5.41, 5.74) is 2.89. The van der Waals surface area contributed by atoms with Crippen LogP contribution in [0.15, 0.2) is 94.7 Å². The summed E-state index contributed by atoms with van der Waals surface area (Å²) >= 11 is 0. The summed E-state index contributed by atoms with van der Waals surface area (Å²) in [6, 6.07) is 22.2. The molecule has 0 fully saturated rings. The molecule has 56 heavy (non-hydrogen) atoms. The number of ether oxygens (including phenoxy) is 6. The first-order valence-electron chi connectivity index (χ1n) is 17.8. The van der Waals surface area contributed by atoms with Crippen molar-refractivity contribution in [3.05, 3.63) is 118 Å². The lowest BCUT2D eigenvalue weighted by Gasteiger charge is -2.19. The molecule has 0 saturated heterocycles. The van der Waals surface area contributed by atoms with Gasteiger partial charge in [0.05, 0.1) is 75.9 Å². The van der Waals surface area contributed by atoms with Gasteiger partial charge in [-0.3, -0.25) is 18.0 Å². The third-order valence-corrected chi connectivity index (χ3v) is 10.9. The van der Waals surface area contributed by atoms with Gasteiger partial charge >= 0.3 is 0 Å². The van der Waals surface area contributed by atoms with Gasteiger partial charge in [-0.25, -0.2) is 0 Å². The Morgan fingerprint density at radius 1 is 0.393 bits per heavy atom. The highest BCUT2D eigenvalue weighted by molar-refractivity contribution is 7.87. The fourth-order valence-corrected chi connectivity index (χ4v) is 7.11. The number of rotatable bonds is 24.